The van der Waals surface area contributed by atoms with Crippen LogP contribution in [0.1, 0.15) is 30.4 Å². The summed E-state index contributed by atoms with van der Waals surface area (Å²) in [5, 5.41) is 0.764. The Hall–Kier alpha value is -3.59. The van der Waals surface area contributed by atoms with Crippen LogP contribution in [-0.4, -0.2) is 53.7 Å². The predicted molar refractivity (Wildman–Crippen MR) is 135 cm³/mol. The molecule has 3 aromatic rings. The van der Waals surface area contributed by atoms with Crippen molar-refractivity contribution in [3.63, 3.8) is 0 Å². The van der Waals surface area contributed by atoms with Crippen LogP contribution in [-0.2, 0) is 4.74 Å². The molecule has 2 amide bonds. The van der Waals surface area contributed by atoms with Crippen molar-refractivity contribution < 1.29 is 19.1 Å². The zero-order chi connectivity index (χ0) is 24.8. The van der Waals surface area contributed by atoms with Crippen molar-refractivity contribution in [3.8, 4) is 22.8 Å². The highest BCUT2D eigenvalue weighted by atomic mass is 32.1. The van der Waals surface area contributed by atoms with Crippen molar-refractivity contribution in [3.05, 3.63) is 59.5 Å². The normalized spacial score (nSPS) is 16.4. The molecule has 8 nitrogen and oxygen atoms in total. The Morgan fingerprint density at radius 3 is 2.20 bits per heavy atom. The van der Waals surface area contributed by atoms with Gasteiger partial charge in [0.2, 0.25) is 0 Å². The third kappa shape index (κ3) is 4.81. The summed E-state index contributed by atoms with van der Waals surface area (Å²) in [6, 6.07) is 17.0. The number of rotatable bonds is 5. The largest absolute Gasteiger partial charge is 0.457 e. The van der Waals surface area contributed by atoms with E-state index in [1.54, 1.807) is 4.90 Å². The Morgan fingerprint density at radius 2 is 1.60 bits per heavy atom. The summed E-state index contributed by atoms with van der Waals surface area (Å²) in [7, 11) is 0. The molecule has 0 radical (unpaired) electrons. The van der Waals surface area contributed by atoms with Crippen molar-refractivity contribution in [2.24, 2.45) is 11.1 Å². The van der Waals surface area contributed by atoms with Crippen LogP contribution in [0.3, 0.4) is 0 Å². The first kappa shape index (κ1) is 23.2. The number of thiazole rings is 1. The number of hydrogen-bond donors (Lipinski definition) is 1. The van der Waals surface area contributed by atoms with Crippen LogP contribution in [0.15, 0.2) is 54.6 Å². The van der Waals surface area contributed by atoms with Crippen LogP contribution in [0.2, 0.25) is 0 Å². The van der Waals surface area contributed by atoms with Crippen LogP contribution in [0.25, 0.3) is 11.3 Å². The maximum absolute atomic E-state index is 12.2. The zero-order valence-corrected chi connectivity index (χ0v) is 20.8. The van der Waals surface area contributed by atoms with E-state index in [1.807, 2.05) is 75.4 Å². The number of aromatic nitrogens is 1. The minimum Gasteiger partial charge on any atom is -0.457 e. The van der Waals surface area contributed by atoms with Crippen LogP contribution >= 0.6 is 11.3 Å². The SMILES string of the molecule is CC(C)(C)OC(=O)N1CC2(C1)CN(c1nc(-c3ccc(Oc4ccccc4)cc3)c(C(N)=O)s1)C2. The van der Waals surface area contributed by atoms with Gasteiger partial charge in [0.1, 0.15) is 22.0 Å². The van der Waals surface area contributed by atoms with E-state index in [2.05, 4.69) is 4.90 Å². The molecule has 1 spiro atoms. The van der Waals surface area contributed by atoms with E-state index in [4.69, 9.17) is 20.2 Å². The van der Waals surface area contributed by atoms with E-state index in [0.29, 0.717) is 29.4 Å². The van der Waals surface area contributed by atoms with Gasteiger partial charge in [-0.05, 0) is 57.2 Å². The second-order valence-electron chi connectivity index (χ2n) is 10.2. The smallest absolute Gasteiger partial charge is 0.410 e. The first-order valence-electron chi connectivity index (χ1n) is 11.5. The lowest BCUT2D eigenvalue weighted by atomic mass is 9.73. The zero-order valence-electron chi connectivity index (χ0n) is 20.0. The molecule has 2 saturated heterocycles. The summed E-state index contributed by atoms with van der Waals surface area (Å²) < 4.78 is 11.3. The van der Waals surface area contributed by atoms with Crippen molar-refractivity contribution in [1.82, 2.24) is 9.88 Å². The number of nitrogens with zero attached hydrogens (tertiary/aromatic N) is 3. The third-order valence-corrected chi connectivity index (χ3v) is 7.10. The maximum Gasteiger partial charge on any atom is 0.410 e. The molecule has 3 heterocycles. The predicted octanol–water partition coefficient (Wildman–Crippen LogP) is 4.76. The van der Waals surface area contributed by atoms with Crippen LogP contribution < -0.4 is 15.4 Å². The fourth-order valence-electron chi connectivity index (χ4n) is 4.43. The number of amides is 2. The molecule has 5 rings (SSSR count). The summed E-state index contributed by atoms with van der Waals surface area (Å²) >= 11 is 1.31. The molecular formula is C26H28N4O4S. The minimum absolute atomic E-state index is 0.0616. The molecular weight excluding hydrogens is 464 g/mol. The molecule has 2 N–H and O–H groups in total. The summed E-state index contributed by atoms with van der Waals surface area (Å²) in [6.45, 7) is 8.50. The van der Waals surface area contributed by atoms with Gasteiger partial charge < -0.3 is 25.0 Å². The van der Waals surface area contributed by atoms with Gasteiger partial charge in [-0.2, -0.15) is 0 Å². The van der Waals surface area contributed by atoms with Gasteiger partial charge in [-0.15, -0.1) is 0 Å². The van der Waals surface area contributed by atoms with Crippen LogP contribution in [0, 0.1) is 5.41 Å². The average Bonchev–Trinajstić information content (AvgIpc) is 3.17. The first-order valence-corrected chi connectivity index (χ1v) is 12.3. The summed E-state index contributed by atoms with van der Waals surface area (Å²) in [5.41, 5.74) is 6.62. The Morgan fingerprint density at radius 1 is 0.971 bits per heavy atom. The fourth-order valence-corrected chi connectivity index (χ4v) is 5.37. The summed E-state index contributed by atoms with van der Waals surface area (Å²) in [5.74, 6) is 0.950. The van der Waals surface area contributed by atoms with Gasteiger partial charge in [-0.1, -0.05) is 29.5 Å². The lowest BCUT2D eigenvalue weighted by Gasteiger charge is -2.59. The van der Waals surface area contributed by atoms with E-state index >= 15 is 0 Å². The second kappa shape index (κ2) is 8.57. The molecule has 0 saturated carbocycles. The van der Waals surface area contributed by atoms with Crippen molar-refractivity contribution in [2.45, 2.75) is 26.4 Å². The molecule has 182 valence electrons. The number of para-hydroxylation sites is 1. The highest BCUT2D eigenvalue weighted by molar-refractivity contribution is 7.18. The Bertz CT molecular complexity index is 1240. The van der Waals surface area contributed by atoms with Gasteiger partial charge >= 0.3 is 6.09 Å². The van der Waals surface area contributed by atoms with Gasteiger partial charge in [-0.25, -0.2) is 9.78 Å². The van der Waals surface area contributed by atoms with Gasteiger partial charge in [-0.3, -0.25) is 4.79 Å². The number of hydrogen-bond acceptors (Lipinski definition) is 7. The number of anilines is 1. The molecule has 0 bridgehead atoms. The van der Waals surface area contributed by atoms with E-state index in [0.717, 1.165) is 29.5 Å². The first-order chi connectivity index (χ1) is 16.6. The lowest BCUT2D eigenvalue weighted by Crippen LogP contribution is -2.73. The molecule has 2 aliphatic heterocycles. The molecule has 2 fully saturated rings. The second-order valence-corrected chi connectivity index (χ2v) is 11.1. The van der Waals surface area contributed by atoms with Gasteiger partial charge in [0, 0.05) is 37.2 Å². The Balaban J connectivity index is 1.25. The molecule has 2 aromatic carbocycles. The number of benzene rings is 2. The van der Waals surface area contributed by atoms with E-state index in [9.17, 15) is 9.59 Å². The quantitative estimate of drug-likeness (QED) is 0.552. The number of primary amides is 1. The van der Waals surface area contributed by atoms with Crippen molar-refractivity contribution in [2.75, 3.05) is 31.1 Å². The molecule has 9 heteroatoms. The Kier molecular flexibility index (Phi) is 5.67. The molecule has 35 heavy (non-hydrogen) atoms. The van der Waals surface area contributed by atoms with E-state index < -0.39 is 11.5 Å². The molecule has 0 atom stereocenters. The Labute approximate surface area is 208 Å². The summed E-state index contributed by atoms with van der Waals surface area (Å²) in [6.07, 6.45) is -0.270. The van der Waals surface area contributed by atoms with Gasteiger partial charge in [0.05, 0.1) is 5.69 Å². The van der Waals surface area contributed by atoms with Crippen molar-refractivity contribution in [1.29, 1.82) is 0 Å². The minimum atomic E-state index is -0.500. The van der Waals surface area contributed by atoms with E-state index in [1.165, 1.54) is 11.3 Å². The standard InChI is InChI=1S/C26H28N4O4S/c1-25(2,3)34-24(32)30-15-26(16-30)13-29(14-26)23-28-20(21(35-23)22(27)31)17-9-11-19(12-10-17)33-18-7-5-4-6-8-18/h4-12H,13-16H2,1-3H3,(H2,27,31). The summed E-state index contributed by atoms with van der Waals surface area (Å²) in [4.78, 5) is 33.5. The molecule has 2 aliphatic rings. The topological polar surface area (TPSA) is 98.0 Å². The van der Waals surface area contributed by atoms with Gasteiger partial charge in [0.15, 0.2) is 5.13 Å². The van der Waals surface area contributed by atoms with E-state index in [-0.39, 0.29) is 11.5 Å². The third-order valence-electron chi connectivity index (χ3n) is 5.97. The number of carbonyl (C=O) groups excluding carboxylic acids is 2. The van der Waals surface area contributed by atoms with Crippen LogP contribution in [0.5, 0.6) is 11.5 Å². The monoisotopic (exact) mass is 492 g/mol. The molecule has 0 unspecified atom stereocenters. The number of likely N-dealkylation sites (tertiary alicyclic amines) is 1. The number of nitrogens with two attached hydrogens (primary N) is 1. The lowest BCUT2D eigenvalue weighted by molar-refractivity contribution is -0.0453. The molecule has 0 aliphatic carbocycles. The number of carbonyl (C=O) groups is 2. The number of ether oxygens (including phenoxy) is 2. The highest BCUT2D eigenvalue weighted by Crippen LogP contribution is 2.45. The maximum atomic E-state index is 12.2. The van der Waals surface area contributed by atoms with Crippen molar-refractivity contribution >= 4 is 28.5 Å². The average molecular weight is 493 g/mol. The fraction of sp³-hybridized carbons (Fsp3) is 0.346. The van der Waals surface area contributed by atoms with Crippen LogP contribution in [0.4, 0.5) is 9.93 Å². The molecule has 1 aromatic heterocycles. The van der Waals surface area contributed by atoms with Gasteiger partial charge in [0.25, 0.3) is 5.91 Å². The highest BCUT2D eigenvalue weighted by Gasteiger charge is 2.54.